The number of hydrogen-bond donors (Lipinski definition) is 0. The van der Waals surface area contributed by atoms with Gasteiger partial charge in [0.2, 0.25) is 0 Å². The Labute approximate surface area is 118 Å². The molecule has 0 bridgehead atoms. The number of halogens is 4. The van der Waals surface area contributed by atoms with E-state index in [1.54, 1.807) is 0 Å². The second-order valence-corrected chi connectivity index (χ2v) is 5.35. The Hall–Kier alpha value is -0.930. The summed E-state index contributed by atoms with van der Waals surface area (Å²) in [5, 5.41) is -0.519. The van der Waals surface area contributed by atoms with Gasteiger partial charge in [0.05, 0.1) is 5.38 Å². The van der Waals surface area contributed by atoms with Crippen molar-refractivity contribution in [1.29, 1.82) is 0 Å². The average molecular weight is 332 g/mol. The lowest BCUT2D eigenvalue weighted by Gasteiger charge is -2.13. The number of rotatable bonds is 2. The highest BCUT2D eigenvalue weighted by Gasteiger charge is 2.16. The van der Waals surface area contributed by atoms with Gasteiger partial charge in [-0.15, -0.1) is 11.6 Å². The Bertz CT molecular complexity index is 584. The van der Waals surface area contributed by atoms with E-state index >= 15 is 0 Å². The van der Waals surface area contributed by atoms with Crippen molar-refractivity contribution in [2.75, 3.05) is 0 Å². The second-order valence-electron chi connectivity index (χ2n) is 4.06. The Balaban J connectivity index is 2.44. The number of hydrogen-bond acceptors (Lipinski definition) is 0. The summed E-state index contributed by atoms with van der Waals surface area (Å²) < 4.78 is 26.9. The van der Waals surface area contributed by atoms with E-state index in [1.165, 1.54) is 6.07 Å². The third kappa shape index (κ3) is 2.73. The van der Waals surface area contributed by atoms with Gasteiger partial charge in [-0.25, -0.2) is 8.78 Å². The Morgan fingerprint density at radius 1 is 1.06 bits per heavy atom. The summed E-state index contributed by atoms with van der Waals surface area (Å²) in [6, 6.07) is 9.46. The molecule has 0 heterocycles. The van der Waals surface area contributed by atoms with E-state index in [0.29, 0.717) is 5.56 Å². The third-order valence-electron chi connectivity index (χ3n) is 2.66. The van der Waals surface area contributed by atoms with Gasteiger partial charge in [-0.3, -0.25) is 0 Å². The van der Waals surface area contributed by atoms with Gasteiger partial charge in [0.15, 0.2) is 11.6 Å². The molecule has 4 heteroatoms. The number of benzene rings is 2. The van der Waals surface area contributed by atoms with E-state index in [1.807, 2.05) is 25.1 Å². The topological polar surface area (TPSA) is 0 Å². The molecule has 1 atom stereocenters. The van der Waals surface area contributed by atoms with E-state index in [4.69, 9.17) is 11.6 Å². The first-order chi connectivity index (χ1) is 8.49. The van der Waals surface area contributed by atoms with Gasteiger partial charge in [0.25, 0.3) is 0 Å². The molecule has 2 rings (SSSR count). The Kier molecular flexibility index (Phi) is 4.03. The van der Waals surface area contributed by atoms with Crippen LogP contribution in [-0.2, 0) is 0 Å². The van der Waals surface area contributed by atoms with Gasteiger partial charge in [-0.2, -0.15) is 0 Å². The van der Waals surface area contributed by atoms with Gasteiger partial charge in [0.1, 0.15) is 0 Å². The summed E-state index contributed by atoms with van der Waals surface area (Å²) >= 11 is 9.72. The first-order valence-corrected chi connectivity index (χ1v) is 6.57. The third-order valence-corrected chi connectivity index (χ3v) is 3.87. The summed E-state index contributed by atoms with van der Waals surface area (Å²) in [5.41, 5.74) is 2.42. The molecule has 18 heavy (non-hydrogen) atoms. The zero-order valence-corrected chi connectivity index (χ0v) is 11.9. The summed E-state index contributed by atoms with van der Waals surface area (Å²) in [5.74, 6) is -1.76. The summed E-state index contributed by atoms with van der Waals surface area (Å²) in [6.07, 6.45) is 0. The van der Waals surface area contributed by atoms with Gasteiger partial charge in [-0.05, 0) is 36.2 Å². The molecule has 0 N–H and O–H groups in total. The lowest BCUT2D eigenvalue weighted by atomic mass is 10.0. The molecule has 0 radical (unpaired) electrons. The van der Waals surface area contributed by atoms with Crippen LogP contribution < -0.4 is 0 Å². The minimum absolute atomic E-state index is 0.519. The largest absolute Gasteiger partial charge is 0.204 e. The Morgan fingerprint density at radius 2 is 1.78 bits per heavy atom. The van der Waals surface area contributed by atoms with Crippen molar-refractivity contribution in [2.24, 2.45) is 0 Å². The SMILES string of the molecule is Cc1ccc(Br)c(C(Cl)c2ccc(F)c(F)c2)c1. The van der Waals surface area contributed by atoms with Crippen LogP contribution in [0, 0.1) is 18.6 Å². The molecular weight excluding hydrogens is 322 g/mol. The van der Waals surface area contributed by atoms with Crippen LogP contribution in [0.3, 0.4) is 0 Å². The van der Waals surface area contributed by atoms with Crippen LogP contribution in [0.15, 0.2) is 40.9 Å². The van der Waals surface area contributed by atoms with E-state index < -0.39 is 17.0 Å². The summed E-state index contributed by atoms with van der Waals surface area (Å²) in [6.45, 7) is 1.95. The molecule has 0 aromatic heterocycles. The predicted molar refractivity (Wildman–Crippen MR) is 72.9 cm³/mol. The maximum atomic E-state index is 13.2. The standard InChI is InChI=1S/C14H10BrClF2/c1-8-2-4-11(15)10(6-8)14(16)9-3-5-12(17)13(18)7-9/h2-7,14H,1H3. The van der Waals surface area contributed by atoms with Crippen molar-refractivity contribution in [3.05, 3.63) is 69.2 Å². The van der Waals surface area contributed by atoms with E-state index in [0.717, 1.165) is 27.7 Å². The van der Waals surface area contributed by atoms with Crippen molar-refractivity contribution in [3.63, 3.8) is 0 Å². The van der Waals surface area contributed by atoms with E-state index in [2.05, 4.69) is 15.9 Å². The van der Waals surface area contributed by atoms with Gasteiger partial charge >= 0.3 is 0 Å². The molecule has 0 nitrogen and oxygen atoms in total. The quantitative estimate of drug-likeness (QED) is 0.650. The van der Waals surface area contributed by atoms with Crippen LogP contribution in [0.1, 0.15) is 22.1 Å². The molecule has 0 fully saturated rings. The van der Waals surface area contributed by atoms with Crippen LogP contribution in [-0.4, -0.2) is 0 Å². The van der Waals surface area contributed by atoms with E-state index in [-0.39, 0.29) is 0 Å². The predicted octanol–water partition coefficient (Wildman–Crippen LogP) is 5.36. The van der Waals surface area contributed by atoms with Crippen LogP contribution in [0.5, 0.6) is 0 Å². The highest BCUT2D eigenvalue weighted by Crippen LogP contribution is 2.34. The van der Waals surface area contributed by atoms with Crippen molar-refractivity contribution < 1.29 is 8.78 Å². The van der Waals surface area contributed by atoms with E-state index in [9.17, 15) is 8.78 Å². The highest BCUT2D eigenvalue weighted by atomic mass is 79.9. The molecule has 94 valence electrons. The maximum absolute atomic E-state index is 13.2. The Morgan fingerprint density at radius 3 is 2.44 bits per heavy atom. The van der Waals surface area contributed by atoms with Gasteiger partial charge in [0, 0.05) is 4.47 Å². The molecule has 0 spiro atoms. The zero-order valence-electron chi connectivity index (χ0n) is 9.55. The molecule has 0 saturated heterocycles. The average Bonchev–Trinajstić information content (AvgIpc) is 2.35. The summed E-state index contributed by atoms with van der Waals surface area (Å²) in [7, 11) is 0. The van der Waals surface area contributed by atoms with Gasteiger partial charge < -0.3 is 0 Å². The molecule has 2 aromatic rings. The van der Waals surface area contributed by atoms with Crippen LogP contribution in [0.4, 0.5) is 8.78 Å². The van der Waals surface area contributed by atoms with Crippen LogP contribution in [0.2, 0.25) is 0 Å². The van der Waals surface area contributed by atoms with Crippen LogP contribution in [0.25, 0.3) is 0 Å². The molecule has 0 amide bonds. The smallest absolute Gasteiger partial charge is 0.159 e. The molecule has 0 aliphatic rings. The van der Waals surface area contributed by atoms with Crippen molar-refractivity contribution in [3.8, 4) is 0 Å². The molecule has 0 aliphatic carbocycles. The number of alkyl halides is 1. The fourth-order valence-corrected chi connectivity index (χ4v) is 2.63. The van der Waals surface area contributed by atoms with Crippen molar-refractivity contribution in [2.45, 2.75) is 12.3 Å². The summed E-state index contributed by atoms with van der Waals surface area (Å²) in [4.78, 5) is 0. The highest BCUT2D eigenvalue weighted by molar-refractivity contribution is 9.10. The fourth-order valence-electron chi connectivity index (χ4n) is 1.71. The van der Waals surface area contributed by atoms with Crippen LogP contribution >= 0.6 is 27.5 Å². The lowest BCUT2D eigenvalue weighted by molar-refractivity contribution is 0.507. The van der Waals surface area contributed by atoms with Crippen molar-refractivity contribution in [1.82, 2.24) is 0 Å². The minimum atomic E-state index is -0.887. The molecule has 2 aromatic carbocycles. The van der Waals surface area contributed by atoms with Gasteiger partial charge in [-0.1, -0.05) is 39.7 Å². The maximum Gasteiger partial charge on any atom is 0.159 e. The number of aryl methyl sites for hydroxylation is 1. The molecule has 1 unspecified atom stereocenters. The van der Waals surface area contributed by atoms with Crippen molar-refractivity contribution >= 4 is 27.5 Å². The normalized spacial score (nSPS) is 12.5. The molecule has 0 aliphatic heterocycles. The first kappa shape index (κ1) is 13.5. The fraction of sp³-hybridized carbons (Fsp3) is 0.143. The molecular formula is C14H10BrClF2. The lowest BCUT2D eigenvalue weighted by Crippen LogP contribution is -1.97. The molecule has 0 saturated carbocycles. The zero-order chi connectivity index (χ0) is 13.3. The first-order valence-electron chi connectivity index (χ1n) is 5.34. The monoisotopic (exact) mass is 330 g/mol. The second kappa shape index (κ2) is 5.37. The minimum Gasteiger partial charge on any atom is -0.204 e.